The summed E-state index contributed by atoms with van der Waals surface area (Å²) in [5, 5.41) is 5.03. The molecule has 0 saturated heterocycles. The Hall–Kier alpha value is -0.0800. The minimum Gasteiger partial charge on any atom is -0.370 e. The lowest BCUT2D eigenvalue weighted by Crippen LogP contribution is -2.32. The van der Waals surface area contributed by atoms with Crippen molar-refractivity contribution in [3.63, 3.8) is 0 Å². The van der Waals surface area contributed by atoms with Gasteiger partial charge in [0.25, 0.3) is 0 Å². The first-order valence-electron chi connectivity index (χ1n) is 4.49. The van der Waals surface area contributed by atoms with Crippen molar-refractivity contribution in [3.8, 4) is 0 Å². The van der Waals surface area contributed by atoms with Crippen molar-refractivity contribution in [2.24, 2.45) is 10.7 Å². The second kappa shape index (κ2) is 8.08. The molecule has 1 aromatic heterocycles. The van der Waals surface area contributed by atoms with Crippen LogP contribution in [-0.2, 0) is 6.54 Å². The number of hydrogen-bond donors (Lipinski definition) is 2. The van der Waals surface area contributed by atoms with Crippen LogP contribution >= 0.6 is 51.2 Å². The fraction of sp³-hybridized carbons (Fsp3) is 0.300. The smallest absolute Gasteiger partial charge is 0.189 e. The fourth-order valence-corrected chi connectivity index (χ4v) is 2.10. The van der Waals surface area contributed by atoms with Crippen LogP contribution in [0.25, 0.3) is 0 Å². The minimum absolute atomic E-state index is 0. The Labute approximate surface area is 125 Å². The highest BCUT2D eigenvalue weighted by atomic mass is 127. The second-order valence-corrected chi connectivity index (χ2v) is 5.56. The summed E-state index contributed by atoms with van der Waals surface area (Å²) in [7, 11) is 0. The van der Waals surface area contributed by atoms with E-state index in [4.69, 9.17) is 5.73 Å². The van der Waals surface area contributed by atoms with Crippen molar-refractivity contribution in [2.45, 2.75) is 13.5 Å². The van der Waals surface area contributed by atoms with E-state index in [1.165, 1.54) is 0 Å². The maximum absolute atomic E-state index is 5.67. The molecule has 90 valence electrons. The molecule has 0 aliphatic carbocycles. The number of nitrogens with one attached hydrogen (secondary N) is 1. The molecule has 3 nitrogen and oxygen atoms in total. The monoisotopic (exact) mass is 415 g/mol. The van der Waals surface area contributed by atoms with Crippen LogP contribution in [0.1, 0.15) is 12.5 Å². The van der Waals surface area contributed by atoms with Gasteiger partial charge in [0.2, 0.25) is 0 Å². The minimum atomic E-state index is 0. The SMILES string of the molecule is C=C(C)CNC(N)=NCc1csc(Br)c1.I. The first-order chi connectivity index (χ1) is 7.08. The normalized spacial score (nSPS) is 10.8. The van der Waals surface area contributed by atoms with Crippen LogP contribution in [0.15, 0.2) is 32.4 Å². The Kier molecular flexibility index (Phi) is 8.04. The first-order valence-corrected chi connectivity index (χ1v) is 6.16. The van der Waals surface area contributed by atoms with E-state index in [1.807, 2.05) is 13.0 Å². The predicted molar refractivity (Wildman–Crippen MR) is 85.6 cm³/mol. The van der Waals surface area contributed by atoms with Gasteiger partial charge in [-0.25, -0.2) is 4.99 Å². The van der Waals surface area contributed by atoms with Gasteiger partial charge in [0.15, 0.2) is 5.96 Å². The lowest BCUT2D eigenvalue weighted by atomic mass is 10.3. The zero-order chi connectivity index (χ0) is 11.3. The molecule has 0 amide bonds. The van der Waals surface area contributed by atoms with E-state index in [-0.39, 0.29) is 24.0 Å². The van der Waals surface area contributed by atoms with Crippen molar-refractivity contribution in [1.82, 2.24) is 5.32 Å². The van der Waals surface area contributed by atoms with Crippen LogP contribution in [0.4, 0.5) is 0 Å². The molecular weight excluding hydrogens is 401 g/mol. The molecule has 1 aromatic rings. The molecule has 3 N–H and O–H groups in total. The third kappa shape index (κ3) is 6.49. The van der Waals surface area contributed by atoms with E-state index >= 15 is 0 Å². The highest BCUT2D eigenvalue weighted by Crippen LogP contribution is 2.20. The number of halogens is 2. The van der Waals surface area contributed by atoms with Gasteiger partial charge in [0.1, 0.15) is 0 Å². The van der Waals surface area contributed by atoms with Crippen LogP contribution in [0.2, 0.25) is 0 Å². The van der Waals surface area contributed by atoms with Gasteiger partial charge >= 0.3 is 0 Å². The summed E-state index contributed by atoms with van der Waals surface area (Å²) < 4.78 is 1.11. The molecule has 1 heterocycles. The standard InChI is InChI=1S/C10H14BrN3S.HI/c1-7(2)4-13-10(12)14-5-8-3-9(11)15-6-8;/h3,6H,1,4-5H2,2H3,(H3,12,13,14);1H. The highest BCUT2D eigenvalue weighted by Gasteiger charge is 1.96. The van der Waals surface area contributed by atoms with Crippen molar-refractivity contribution < 1.29 is 0 Å². The number of nitrogens with two attached hydrogens (primary N) is 1. The maximum Gasteiger partial charge on any atom is 0.189 e. The van der Waals surface area contributed by atoms with Gasteiger partial charge in [-0.2, -0.15) is 0 Å². The Morgan fingerprint density at radius 2 is 2.38 bits per heavy atom. The highest BCUT2D eigenvalue weighted by molar-refractivity contribution is 14.0. The van der Waals surface area contributed by atoms with Gasteiger partial charge in [-0.15, -0.1) is 35.3 Å². The van der Waals surface area contributed by atoms with Crippen LogP contribution in [0, 0.1) is 0 Å². The van der Waals surface area contributed by atoms with Crippen molar-refractivity contribution >= 4 is 57.2 Å². The van der Waals surface area contributed by atoms with Crippen molar-refractivity contribution in [1.29, 1.82) is 0 Å². The largest absolute Gasteiger partial charge is 0.370 e. The van der Waals surface area contributed by atoms with E-state index in [0.717, 1.165) is 14.9 Å². The lowest BCUT2D eigenvalue weighted by Gasteiger charge is -2.03. The van der Waals surface area contributed by atoms with E-state index in [0.29, 0.717) is 19.0 Å². The van der Waals surface area contributed by atoms with Crippen molar-refractivity contribution in [3.05, 3.63) is 32.9 Å². The van der Waals surface area contributed by atoms with E-state index in [9.17, 15) is 0 Å². The van der Waals surface area contributed by atoms with Crippen LogP contribution < -0.4 is 11.1 Å². The number of guanidine groups is 1. The molecule has 0 aliphatic rings. The number of thiophene rings is 1. The summed E-state index contributed by atoms with van der Waals surface area (Å²) in [4.78, 5) is 4.21. The second-order valence-electron chi connectivity index (χ2n) is 3.27. The van der Waals surface area contributed by atoms with E-state index < -0.39 is 0 Å². The lowest BCUT2D eigenvalue weighted by molar-refractivity contribution is 0.941. The number of nitrogens with zero attached hydrogens (tertiary/aromatic N) is 1. The van der Waals surface area contributed by atoms with Crippen molar-refractivity contribution in [2.75, 3.05) is 6.54 Å². The molecule has 16 heavy (non-hydrogen) atoms. The molecule has 0 aromatic carbocycles. The molecule has 0 fully saturated rings. The summed E-state index contributed by atoms with van der Waals surface area (Å²) >= 11 is 5.05. The first kappa shape index (κ1) is 15.9. The van der Waals surface area contributed by atoms with Gasteiger partial charge < -0.3 is 11.1 Å². The van der Waals surface area contributed by atoms with Gasteiger partial charge in [0, 0.05) is 6.54 Å². The average molecular weight is 416 g/mol. The zero-order valence-corrected chi connectivity index (χ0v) is 13.7. The summed E-state index contributed by atoms with van der Waals surface area (Å²) in [5.74, 6) is 0.459. The molecular formula is C10H15BrIN3S. The molecule has 0 radical (unpaired) electrons. The Bertz CT molecular complexity index is 376. The molecule has 1 rings (SSSR count). The third-order valence-electron chi connectivity index (χ3n) is 1.63. The maximum atomic E-state index is 5.67. The molecule has 0 unspecified atom stereocenters. The summed E-state index contributed by atoms with van der Waals surface area (Å²) in [6.45, 7) is 6.99. The third-order valence-corrected chi connectivity index (χ3v) is 3.18. The van der Waals surface area contributed by atoms with E-state index in [1.54, 1.807) is 11.3 Å². The number of hydrogen-bond acceptors (Lipinski definition) is 2. The van der Waals surface area contributed by atoms with E-state index in [2.05, 4.69) is 38.2 Å². The Balaban J connectivity index is 0.00000225. The number of aliphatic imine (C=N–C) groups is 1. The van der Waals surface area contributed by atoms with Gasteiger partial charge in [-0.3, -0.25) is 0 Å². The van der Waals surface area contributed by atoms with Crippen LogP contribution in [-0.4, -0.2) is 12.5 Å². The van der Waals surface area contributed by atoms with Crippen LogP contribution in [0.5, 0.6) is 0 Å². The van der Waals surface area contributed by atoms with Gasteiger partial charge in [-0.1, -0.05) is 12.2 Å². The van der Waals surface area contributed by atoms with Gasteiger partial charge in [-0.05, 0) is 39.9 Å². The summed E-state index contributed by atoms with van der Waals surface area (Å²) in [6.07, 6.45) is 0. The summed E-state index contributed by atoms with van der Waals surface area (Å²) in [6, 6.07) is 2.04. The average Bonchev–Trinajstić information content (AvgIpc) is 2.58. The zero-order valence-electron chi connectivity index (χ0n) is 9.00. The quantitative estimate of drug-likeness (QED) is 0.343. The summed E-state index contributed by atoms with van der Waals surface area (Å²) in [5.41, 5.74) is 7.86. The van der Waals surface area contributed by atoms with Gasteiger partial charge in [0.05, 0.1) is 10.3 Å². The molecule has 0 atom stereocenters. The fourth-order valence-electron chi connectivity index (χ4n) is 0.903. The topological polar surface area (TPSA) is 50.4 Å². The van der Waals surface area contributed by atoms with Crippen LogP contribution in [0.3, 0.4) is 0 Å². The Morgan fingerprint density at radius 1 is 1.69 bits per heavy atom. The predicted octanol–water partition coefficient (Wildman–Crippen LogP) is 3.11. The molecule has 0 saturated carbocycles. The molecule has 6 heteroatoms. The Morgan fingerprint density at radius 3 is 2.88 bits per heavy atom. The molecule has 0 spiro atoms. The number of rotatable bonds is 4. The molecule has 0 bridgehead atoms. The molecule has 0 aliphatic heterocycles.